The first-order chi connectivity index (χ1) is 16.4. The average molecular weight is 463 g/mol. The molecule has 2 fully saturated rings. The standard InChI is InChI=1S/C27H34N4O3/c1-19-11-13-21(14-12-19)27(34)31-17-15-30(16-18-31)23-10-6-5-9-22(23)26(33)29-24(25(28)32)20-7-3-2-4-8-20/h2-4,7-8,11-14,22-24H,5-6,9-10,15-18H2,1H3,(H2,28,32)(H,29,33)/t22-,23?,24+/m1/s1. The van der Waals surface area contributed by atoms with Gasteiger partial charge in [-0.2, -0.15) is 0 Å². The van der Waals surface area contributed by atoms with Crippen LogP contribution >= 0.6 is 0 Å². The molecule has 180 valence electrons. The van der Waals surface area contributed by atoms with E-state index in [4.69, 9.17) is 5.73 Å². The minimum absolute atomic E-state index is 0.0600. The van der Waals surface area contributed by atoms with Gasteiger partial charge in [0.25, 0.3) is 5.91 Å². The third-order valence-electron chi connectivity index (χ3n) is 7.14. The molecule has 2 aliphatic rings. The zero-order valence-electron chi connectivity index (χ0n) is 19.8. The number of hydrogen-bond acceptors (Lipinski definition) is 4. The number of amides is 3. The highest BCUT2D eigenvalue weighted by molar-refractivity contribution is 5.94. The Labute approximate surface area is 201 Å². The van der Waals surface area contributed by atoms with Gasteiger partial charge in [-0.25, -0.2) is 0 Å². The van der Waals surface area contributed by atoms with Crippen LogP contribution in [-0.2, 0) is 9.59 Å². The van der Waals surface area contributed by atoms with Crippen LogP contribution in [0.2, 0.25) is 0 Å². The van der Waals surface area contributed by atoms with Crippen LogP contribution in [0.4, 0.5) is 0 Å². The summed E-state index contributed by atoms with van der Waals surface area (Å²) in [5.74, 6) is -0.811. The number of benzene rings is 2. The normalized spacial score (nSPS) is 22.1. The van der Waals surface area contributed by atoms with Crippen molar-refractivity contribution in [2.24, 2.45) is 11.7 Å². The second-order valence-electron chi connectivity index (χ2n) is 9.41. The number of carbonyl (C=O) groups excluding carboxylic acids is 3. The van der Waals surface area contributed by atoms with Crippen molar-refractivity contribution < 1.29 is 14.4 Å². The van der Waals surface area contributed by atoms with Gasteiger partial charge < -0.3 is 16.0 Å². The van der Waals surface area contributed by atoms with Crippen molar-refractivity contribution in [3.8, 4) is 0 Å². The van der Waals surface area contributed by atoms with Gasteiger partial charge in [0.1, 0.15) is 6.04 Å². The molecule has 0 spiro atoms. The summed E-state index contributed by atoms with van der Waals surface area (Å²) >= 11 is 0. The van der Waals surface area contributed by atoms with Gasteiger partial charge in [0.15, 0.2) is 0 Å². The average Bonchev–Trinajstić information content (AvgIpc) is 2.87. The van der Waals surface area contributed by atoms with Crippen LogP contribution in [0.25, 0.3) is 0 Å². The van der Waals surface area contributed by atoms with Crippen LogP contribution in [0.3, 0.4) is 0 Å². The summed E-state index contributed by atoms with van der Waals surface area (Å²) in [4.78, 5) is 42.5. The van der Waals surface area contributed by atoms with E-state index in [2.05, 4.69) is 10.2 Å². The number of nitrogens with zero attached hydrogens (tertiary/aromatic N) is 2. The van der Waals surface area contributed by atoms with Crippen LogP contribution in [-0.4, -0.2) is 59.7 Å². The molecule has 1 aliphatic carbocycles. The first-order valence-electron chi connectivity index (χ1n) is 12.2. The molecule has 0 aromatic heterocycles. The molecule has 3 atom stereocenters. The molecule has 7 nitrogen and oxygen atoms in total. The molecule has 34 heavy (non-hydrogen) atoms. The first kappa shape index (κ1) is 24.0. The topological polar surface area (TPSA) is 95.7 Å². The molecule has 1 saturated heterocycles. The lowest BCUT2D eigenvalue weighted by Gasteiger charge is -2.44. The Balaban J connectivity index is 1.39. The van der Waals surface area contributed by atoms with Gasteiger partial charge in [0.2, 0.25) is 11.8 Å². The van der Waals surface area contributed by atoms with Gasteiger partial charge in [-0.05, 0) is 37.5 Å². The maximum atomic E-state index is 13.3. The number of aryl methyl sites for hydroxylation is 1. The second-order valence-corrected chi connectivity index (χ2v) is 9.41. The quantitative estimate of drug-likeness (QED) is 0.690. The zero-order valence-corrected chi connectivity index (χ0v) is 19.8. The van der Waals surface area contributed by atoms with Crippen LogP contribution in [0, 0.1) is 12.8 Å². The molecule has 2 aromatic rings. The van der Waals surface area contributed by atoms with Crippen molar-refractivity contribution in [2.45, 2.75) is 44.7 Å². The number of nitrogens with two attached hydrogens (primary N) is 1. The Bertz CT molecular complexity index is 1000. The summed E-state index contributed by atoms with van der Waals surface area (Å²) in [5.41, 5.74) is 8.16. The highest BCUT2D eigenvalue weighted by Gasteiger charge is 2.38. The van der Waals surface area contributed by atoms with Gasteiger partial charge in [-0.15, -0.1) is 0 Å². The van der Waals surface area contributed by atoms with Crippen LogP contribution in [0.15, 0.2) is 54.6 Å². The monoisotopic (exact) mass is 462 g/mol. The number of nitrogens with one attached hydrogen (secondary N) is 1. The van der Waals surface area contributed by atoms with E-state index in [1.807, 2.05) is 54.3 Å². The molecule has 1 saturated carbocycles. The molecule has 0 bridgehead atoms. The van der Waals surface area contributed by atoms with E-state index in [0.29, 0.717) is 24.2 Å². The van der Waals surface area contributed by atoms with Crippen LogP contribution < -0.4 is 11.1 Å². The van der Waals surface area contributed by atoms with Crippen molar-refractivity contribution in [1.82, 2.24) is 15.1 Å². The van der Waals surface area contributed by atoms with E-state index in [-0.39, 0.29) is 23.8 Å². The highest BCUT2D eigenvalue weighted by atomic mass is 16.2. The van der Waals surface area contributed by atoms with Crippen molar-refractivity contribution in [3.63, 3.8) is 0 Å². The summed E-state index contributed by atoms with van der Waals surface area (Å²) in [6.07, 6.45) is 3.80. The fraction of sp³-hybridized carbons (Fsp3) is 0.444. The molecule has 1 unspecified atom stereocenters. The van der Waals surface area contributed by atoms with Gasteiger partial charge in [0, 0.05) is 37.8 Å². The van der Waals surface area contributed by atoms with Gasteiger partial charge >= 0.3 is 0 Å². The maximum absolute atomic E-state index is 13.3. The maximum Gasteiger partial charge on any atom is 0.253 e. The van der Waals surface area contributed by atoms with Gasteiger partial charge in [-0.3, -0.25) is 19.3 Å². The van der Waals surface area contributed by atoms with E-state index in [9.17, 15) is 14.4 Å². The molecule has 3 amide bonds. The minimum atomic E-state index is -0.833. The fourth-order valence-electron chi connectivity index (χ4n) is 5.20. The minimum Gasteiger partial charge on any atom is -0.368 e. The zero-order chi connectivity index (χ0) is 24.1. The van der Waals surface area contributed by atoms with Crippen LogP contribution in [0.5, 0.6) is 0 Å². The van der Waals surface area contributed by atoms with E-state index in [1.54, 1.807) is 12.1 Å². The molecule has 3 N–H and O–H groups in total. The lowest BCUT2D eigenvalue weighted by Crippen LogP contribution is -2.56. The number of primary amides is 1. The van der Waals surface area contributed by atoms with E-state index in [1.165, 1.54) is 0 Å². The Kier molecular flexibility index (Phi) is 7.63. The Morgan fingerprint density at radius 3 is 2.21 bits per heavy atom. The Morgan fingerprint density at radius 1 is 0.912 bits per heavy atom. The van der Waals surface area contributed by atoms with E-state index < -0.39 is 11.9 Å². The summed E-state index contributed by atoms with van der Waals surface area (Å²) in [5, 5.41) is 2.92. The second kappa shape index (κ2) is 10.8. The van der Waals surface area contributed by atoms with Gasteiger partial charge in [-0.1, -0.05) is 60.9 Å². The summed E-state index contributed by atoms with van der Waals surface area (Å²) < 4.78 is 0. The SMILES string of the molecule is Cc1ccc(C(=O)N2CCN(C3CCCC[C@H]3C(=O)N[C@H](C(N)=O)c3ccccc3)CC2)cc1. The van der Waals surface area contributed by atoms with Crippen molar-refractivity contribution in [1.29, 1.82) is 0 Å². The third-order valence-corrected chi connectivity index (χ3v) is 7.14. The molecular formula is C27H34N4O3. The molecule has 0 radical (unpaired) electrons. The summed E-state index contributed by atoms with van der Waals surface area (Å²) in [7, 11) is 0. The number of carbonyl (C=O) groups is 3. The third kappa shape index (κ3) is 5.47. The lowest BCUT2D eigenvalue weighted by molar-refractivity contribution is -0.133. The first-order valence-corrected chi connectivity index (χ1v) is 12.2. The number of piperazine rings is 1. The predicted octanol–water partition coefficient (Wildman–Crippen LogP) is 2.65. The van der Waals surface area contributed by atoms with Crippen molar-refractivity contribution in [2.75, 3.05) is 26.2 Å². The molecule has 2 aromatic carbocycles. The Hall–Kier alpha value is -3.19. The van der Waals surface area contributed by atoms with Gasteiger partial charge in [0.05, 0.1) is 5.92 Å². The number of rotatable bonds is 6. The lowest BCUT2D eigenvalue weighted by atomic mass is 9.82. The van der Waals surface area contributed by atoms with Crippen LogP contribution in [0.1, 0.15) is 53.2 Å². The predicted molar refractivity (Wildman–Crippen MR) is 131 cm³/mol. The molecule has 1 aliphatic heterocycles. The molecule has 1 heterocycles. The van der Waals surface area contributed by atoms with E-state index in [0.717, 1.165) is 44.3 Å². The molecular weight excluding hydrogens is 428 g/mol. The summed E-state index contributed by atoms with van der Waals surface area (Å²) in [6, 6.07) is 16.1. The Morgan fingerprint density at radius 2 is 1.56 bits per heavy atom. The largest absolute Gasteiger partial charge is 0.368 e. The summed E-state index contributed by atoms with van der Waals surface area (Å²) in [6.45, 7) is 4.78. The van der Waals surface area contributed by atoms with E-state index >= 15 is 0 Å². The van der Waals surface area contributed by atoms with Crippen molar-refractivity contribution in [3.05, 3.63) is 71.3 Å². The molecule has 4 rings (SSSR count). The number of hydrogen-bond donors (Lipinski definition) is 2. The smallest absolute Gasteiger partial charge is 0.253 e. The van der Waals surface area contributed by atoms with Crippen molar-refractivity contribution >= 4 is 17.7 Å². The molecule has 7 heteroatoms. The fourth-order valence-corrected chi connectivity index (χ4v) is 5.20. The highest BCUT2D eigenvalue weighted by Crippen LogP contribution is 2.30.